The lowest BCUT2D eigenvalue weighted by atomic mass is 10.0. The third-order valence-corrected chi connectivity index (χ3v) is 3.47. The van der Waals surface area contributed by atoms with E-state index in [9.17, 15) is 13.6 Å². The number of nitrogens with zero attached hydrogens (tertiary/aromatic N) is 2. The van der Waals surface area contributed by atoms with E-state index in [4.69, 9.17) is 0 Å². The maximum atomic E-state index is 13.7. The predicted octanol–water partition coefficient (Wildman–Crippen LogP) is 3.05. The molecule has 1 aromatic heterocycles. The Hall–Kier alpha value is -2.34. The third-order valence-electron chi connectivity index (χ3n) is 3.47. The predicted molar refractivity (Wildman–Crippen MR) is 78.9 cm³/mol. The molecule has 1 aromatic carbocycles. The molecule has 1 aliphatic heterocycles. The Kier molecular flexibility index (Phi) is 3.41. The SMILES string of the molecule is CC1(C)CC(=O)N(c2ccc(-c3cc(F)ccc3F)cn2)N1. The number of amides is 1. The van der Waals surface area contributed by atoms with Crippen LogP contribution < -0.4 is 10.4 Å². The van der Waals surface area contributed by atoms with Gasteiger partial charge in [0.2, 0.25) is 5.91 Å². The number of nitrogens with one attached hydrogen (secondary N) is 1. The van der Waals surface area contributed by atoms with Gasteiger partial charge in [-0.15, -0.1) is 0 Å². The van der Waals surface area contributed by atoms with Gasteiger partial charge in [0.15, 0.2) is 0 Å². The van der Waals surface area contributed by atoms with Gasteiger partial charge < -0.3 is 0 Å². The molecule has 0 atom stereocenters. The lowest BCUT2D eigenvalue weighted by molar-refractivity contribution is -0.117. The van der Waals surface area contributed by atoms with Crippen LogP contribution in [0.25, 0.3) is 11.1 Å². The van der Waals surface area contributed by atoms with Crippen LogP contribution in [-0.4, -0.2) is 16.4 Å². The Labute approximate surface area is 126 Å². The summed E-state index contributed by atoms with van der Waals surface area (Å²) in [5.74, 6) is -0.690. The second kappa shape index (κ2) is 5.14. The van der Waals surface area contributed by atoms with Gasteiger partial charge in [0.1, 0.15) is 17.5 Å². The molecule has 1 aliphatic rings. The van der Waals surface area contributed by atoms with E-state index in [1.807, 2.05) is 13.8 Å². The van der Waals surface area contributed by atoms with E-state index in [-0.39, 0.29) is 17.0 Å². The molecule has 0 bridgehead atoms. The van der Waals surface area contributed by atoms with Gasteiger partial charge in [-0.05, 0) is 44.2 Å². The van der Waals surface area contributed by atoms with E-state index in [1.165, 1.54) is 11.2 Å². The molecule has 114 valence electrons. The van der Waals surface area contributed by atoms with Crippen LogP contribution in [0, 0.1) is 11.6 Å². The Morgan fingerprint density at radius 3 is 2.59 bits per heavy atom. The summed E-state index contributed by atoms with van der Waals surface area (Å²) in [6, 6.07) is 6.48. The van der Waals surface area contributed by atoms with Crippen molar-refractivity contribution in [3.63, 3.8) is 0 Å². The van der Waals surface area contributed by atoms with E-state index in [2.05, 4.69) is 10.4 Å². The fourth-order valence-corrected chi connectivity index (χ4v) is 2.44. The molecule has 1 fully saturated rings. The van der Waals surface area contributed by atoms with Gasteiger partial charge in [-0.1, -0.05) is 0 Å². The summed E-state index contributed by atoms with van der Waals surface area (Å²) in [5.41, 5.74) is 3.33. The van der Waals surface area contributed by atoms with Gasteiger partial charge in [0.25, 0.3) is 0 Å². The first kappa shape index (κ1) is 14.6. The van der Waals surface area contributed by atoms with Crippen molar-refractivity contribution in [1.82, 2.24) is 10.4 Å². The Morgan fingerprint density at radius 1 is 1.23 bits per heavy atom. The fourth-order valence-electron chi connectivity index (χ4n) is 2.44. The minimum Gasteiger partial charge on any atom is -0.273 e. The van der Waals surface area contributed by atoms with Crippen molar-refractivity contribution in [2.24, 2.45) is 0 Å². The molecule has 1 saturated heterocycles. The molecule has 0 spiro atoms. The van der Waals surface area contributed by atoms with E-state index in [0.717, 1.165) is 18.2 Å². The maximum absolute atomic E-state index is 13.7. The van der Waals surface area contributed by atoms with Gasteiger partial charge >= 0.3 is 0 Å². The number of rotatable bonds is 2. The molecule has 0 saturated carbocycles. The Morgan fingerprint density at radius 2 is 2.00 bits per heavy atom. The summed E-state index contributed by atoms with van der Waals surface area (Å²) in [6.07, 6.45) is 1.79. The molecule has 0 aliphatic carbocycles. The van der Waals surface area contributed by atoms with Gasteiger partial charge in [-0.2, -0.15) is 0 Å². The zero-order chi connectivity index (χ0) is 15.9. The minimum absolute atomic E-state index is 0.0813. The van der Waals surface area contributed by atoms with Crippen molar-refractivity contribution >= 4 is 11.7 Å². The highest BCUT2D eigenvalue weighted by molar-refractivity contribution is 5.94. The fraction of sp³-hybridized carbons (Fsp3) is 0.250. The number of carbonyl (C=O) groups is 1. The van der Waals surface area contributed by atoms with Gasteiger partial charge in [0, 0.05) is 29.3 Å². The number of anilines is 1. The number of hydrogen-bond donors (Lipinski definition) is 1. The molecule has 0 radical (unpaired) electrons. The van der Waals surface area contributed by atoms with Gasteiger partial charge in [0.05, 0.1) is 0 Å². The van der Waals surface area contributed by atoms with Crippen molar-refractivity contribution in [3.05, 3.63) is 48.2 Å². The first-order chi connectivity index (χ1) is 10.4. The molecule has 22 heavy (non-hydrogen) atoms. The van der Waals surface area contributed by atoms with E-state index in [0.29, 0.717) is 17.8 Å². The van der Waals surface area contributed by atoms with Crippen LogP contribution in [0.5, 0.6) is 0 Å². The van der Waals surface area contributed by atoms with Crippen LogP contribution in [0.1, 0.15) is 20.3 Å². The van der Waals surface area contributed by atoms with Crippen LogP contribution in [0.3, 0.4) is 0 Å². The van der Waals surface area contributed by atoms with Gasteiger partial charge in [-0.3, -0.25) is 4.79 Å². The molecular formula is C16H15F2N3O. The lowest BCUT2D eigenvalue weighted by Gasteiger charge is -2.20. The normalized spacial score (nSPS) is 17.1. The number of aromatic nitrogens is 1. The monoisotopic (exact) mass is 303 g/mol. The molecule has 1 N–H and O–H groups in total. The van der Waals surface area contributed by atoms with E-state index in [1.54, 1.807) is 12.1 Å². The maximum Gasteiger partial charge on any atom is 0.244 e. The quantitative estimate of drug-likeness (QED) is 0.927. The molecule has 2 heterocycles. The third kappa shape index (κ3) is 2.69. The van der Waals surface area contributed by atoms with Crippen LogP contribution in [-0.2, 0) is 4.79 Å². The Balaban J connectivity index is 1.90. The van der Waals surface area contributed by atoms with E-state index >= 15 is 0 Å². The molecule has 2 aromatic rings. The summed E-state index contributed by atoms with van der Waals surface area (Å²) in [7, 11) is 0. The molecular weight excluding hydrogens is 288 g/mol. The average molecular weight is 303 g/mol. The zero-order valence-corrected chi connectivity index (χ0v) is 12.2. The van der Waals surface area contributed by atoms with Crippen molar-refractivity contribution in [3.8, 4) is 11.1 Å². The second-order valence-electron chi connectivity index (χ2n) is 5.93. The van der Waals surface area contributed by atoms with Crippen LogP contribution in [0.2, 0.25) is 0 Å². The standard InChI is InChI=1S/C16H15F2N3O/c1-16(2)8-15(22)21(20-16)14-6-3-10(9-19-14)12-7-11(17)4-5-13(12)18/h3-7,9,20H,8H2,1-2H3. The lowest BCUT2D eigenvalue weighted by Crippen LogP contribution is -2.42. The van der Waals surface area contributed by atoms with Crippen molar-refractivity contribution in [1.29, 1.82) is 0 Å². The molecule has 3 rings (SSSR count). The van der Waals surface area contributed by atoms with Crippen LogP contribution >= 0.6 is 0 Å². The van der Waals surface area contributed by atoms with Crippen LogP contribution in [0.15, 0.2) is 36.5 Å². The number of pyridine rings is 1. The summed E-state index contributed by atoms with van der Waals surface area (Å²) >= 11 is 0. The Bertz CT molecular complexity index is 729. The largest absolute Gasteiger partial charge is 0.273 e. The first-order valence-corrected chi connectivity index (χ1v) is 6.88. The van der Waals surface area contributed by atoms with Gasteiger partial charge in [-0.25, -0.2) is 24.2 Å². The number of carbonyl (C=O) groups excluding carboxylic acids is 1. The van der Waals surface area contributed by atoms with Crippen molar-refractivity contribution in [2.75, 3.05) is 5.01 Å². The summed E-state index contributed by atoms with van der Waals surface area (Å²) < 4.78 is 27.0. The van der Waals surface area contributed by atoms with Crippen molar-refractivity contribution in [2.45, 2.75) is 25.8 Å². The number of halogens is 2. The summed E-state index contributed by atoms with van der Waals surface area (Å²) in [5, 5.41) is 1.38. The minimum atomic E-state index is -0.521. The number of benzene rings is 1. The van der Waals surface area contributed by atoms with Crippen molar-refractivity contribution < 1.29 is 13.6 Å². The second-order valence-corrected chi connectivity index (χ2v) is 5.93. The molecule has 0 unspecified atom stereocenters. The first-order valence-electron chi connectivity index (χ1n) is 6.88. The highest BCUT2D eigenvalue weighted by Crippen LogP contribution is 2.27. The highest BCUT2D eigenvalue weighted by Gasteiger charge is 2.36. The number of hydrogen-bond acceptors (Lipinski definition) is 3. The molecule has 1 amide bonds. The smallest absolute Gasteiger partial charge is 0.244 e. The molecule has 4 nitrogen and oxygen atoms in total. The zero-order valence-electron chi connectivity index (χ0n) is 12.2. The topological polar surface area (TPSA) is 45.2 Å². The molecule has 6 heteroatoms. The van der Waals surface area contributed by atoms with Crippen LogP contribution in [0.4, 0.5) is 14.6 Å². The number of hydrazine groups is 1. The van der Waals surface area contributed by atoms with E-state index < -0.39 is 11.6 Å². The highest BCUT2D eigenvalue weighted by atomic mass is 19.1. The summed E-state index contributed by atoms with van der Waals surface area (Å²) in [6.45, 7) is 3.84. The summed E-state index contributed by atoms with van der Waals surface area (Å²) in [4.78, 5) is 16.1. The average Bonchev–Trinajstić information content (AvgIpc) is 2.75.